The van der Waals surface area contributed by atoms with Gasteiger partial charge in [0.05, 0.1) is 12.0 Å². The molecule has 198 valence electrons. The number of carbonyl (C=O) groups is 1. The lowest BCUT2D eigenvalue weighted by atomic mass is 10.0. The van der Waals surface area contributed by atoms with Crippen LogP contribution < -0.4 is 9.64 Å². The van der Waals surface area contributed by atoms with Gasteiger partial charge in [-0.05, 0) is 56.9 Å². The van der Waals surface area contributed by atoms with Gasteiger partial charge in [-0.1, -0.05) is 5.16 Å². The van der Waals surface area contributed by atoms with Gasteiger partial charge in [0.15, 0.2) is 15.7 Å². The van der Waals surface area contributed by atoms with Crippen molar-refractivity contribution in [1.29, 1.82) is 0 Å². The second kappa shape index (κ2) is 10.8. The molecule has 0 bridgehead atoms. The highest BCUT2D eigenvalue weighted by molar-refractivity contribution is 7.90. The Bertz CT molecular complexity index is 1360. The number of aromatic nitrogens is 4. The van der Waals surface area contributed by atoms with Crippen molar-refractivity contribution in [3.05, 3.63) is 53.1 Å². The Kier molecular flexibility index (Phi) is 7.76. The number of likely N-dealkylation sites (N-methyl/N-ethyl adjacent to an activating group) is 1. The summed E-state index contributed by atoms with van der Waals surface area (Å²) < 4.78 is 36.6. The van der Waals surface area contributed by atoms with E-state index >= 15 is 0 Å². The number of hydrogen-bond donors (Lipinski definition) is 0. The molecule has 0 spiro atoms. The summed E-state index contributed by atoms with van der Waals surface area (Å²) >= 11 is 0. The smallest absolute Gasteiger partial charge is 0.236 e. The molecule has 4 rings (SSSR count). The molecular weight excluding hydrogens is 496 g/mol. The van der Waals surface area contributed by atoms with Crippen LogP contribution >= 0.6 is 0 Å². The summed E-state index contributed by atoms with van der Waals surface area (Å²) in [6.07, 6.45) is 3.09. The van der Waals surface area contributed by atoms with E-state index in [1.165, 1.54) is 7.11 Å². The van der Waals surface area contributed by atoms with Crippen molar-refractivity contribution in [3.63, 3.8) is 0 Å². The molecule has 37 heavy (non-hydrogen) atoms. The minimum Gasteiger partial charge on any atom is -0.497 e. The average Bonchev–Trinajstić information content (AvgIpc) is 3.28. The lowest BCUT2D eigenvalue weighted by Crippen LogP contribution is -2.46. The zero-order chi connectivity index (χ0) is 26.7. The van der Waals surface area contributed by atoms with Crippen LogP contribution in [0.25, 0.3) is 0 Å². The number of piperidine rings is 1. The molecular formula is C25H32N6O5S. The van der Waals surface area contributed by atoms with Crippen molar-refractivity contribution in [2.45, 2.75) is 56.7 Å². The van der Waals surface area contributed by atoms with Crippen LogP contribution in [0.2, 0.25) is 0 Å². The normalized spacial score (nSPS) is 14.6. The van der Waals surface area contributed by atoms with E-state index in [2.05, 4.69) is 25.0 Å². The Balaban J connectivity index is 1.35. The summed E-state index contributed by atoms with van der Waals surface area (Å²) in [5.41, 5.74) is 2.08. The maximum Gasteiger partial charge on any atom is 0.236 e. The minimum atomic E-state index is -3.73. The van der Waals surface area contributed by atoms with Gasteiger partial charge in [-0.2, -0.15) is 4.98 Å². The van der Waals surface area contributed by atoms with Gasteiger partial charge in [-0.15, -0.1) is 0 Å². The maximum absolute atomic E-state index is 13.1. The first-order chi connectivity index (χ1) is 17.6. The summed E-state index contributed by atoms with van der Waals surface area (Å²) in [5, 5.41) is 3.82. The minimum absolute atomic E-state index is 0.0218. The van der Waals surface area contributed by atoms with Gasteiger partial charge >= 0.3 is 0 Å². The van der Waals surface area contributed by atoms with Gasteiger partial charge in [0.25, 0.3) is 0 Å². The Morgan fingerprint density at radius 1 is 1.14 bits per heavy atom. The van der Waals surface area contributed by atoms with Crippen molar-refractivity contribution >= 4 is 21.6 Å². The molecule has 12 heteroatoms. The van der Waals surface area contributed by atoms with Crippen LogP contribution in [0.4, 0.5) is 5.82 Å². The standard InChI is InChI=1S/C25H32N6O5S/c1-16-10-20(35-5)11-17(2)25(16)37(33,34)14-21-28-23(36-29-21)13-24(32)30(4)19-6-8-31(9-7-19)22-12-18(3)26-15-27-22/h10-12,15,19H,6-9,13-14H2,1-5H3. The fourth-order valence-electron chi connectivity index (χ4n) is 4.74. The quantitative estimate of drug-likeness (QED) is 0.429. The van der Waals surface area contributed by atoms with Crippen molar-refractivity contribution < 1.29 is 22.5 Å². The third-order valence-corrected chi connectivity index (χ3v) is 8.54. The first-order valence-electron chi connectivity index (χ1n) is 12.1. The molecule has 3 aromatic rings. The van der Waals surface area contributed by atoms with Crippen molar-refractivity contribution in [1.82, 2.24) is 25.0 Å². The number of amides is 1. The highest BCUT2D eigenvalue weighted by Crippen LogP contribution is 2.28. The SMILES string of the molecule is COc1cc(C)c(S(=O)(=O)Cc2noc(CC(=O)N(C)C3CCN(c4cc(C)ncn4)CC3)n2)c(C)c1. The molecule has 0 N–H and O–H groups in total. The first kappa shape index (κ1) is 26.5. The van der Waals surface area contributed by atoms with Crippen LogP contribution in [0.5, 0.6) is 5.75 Å². The summed E-state index contributed by atoms with van der Waals surface area (Å²) in [4.78, 5) is 29.7. The van der Waals surface area contributed by atoms with Gasteiger partial charge in [0.2, 0.25) is 11.8 Å². The summed E-state index contributed by atoms with van der Waals surface area (Å²) in [5.74, 6) is 1.03. The number of aryl methyl sites for hydroxylation is 3. The van der Waals surface area contributed by atoms with E-state index in [1.807, 2.05) is 13.0 Å². The Hall–Kier alpha value is -3.54. The molecule has 1 fully saturated rings. The Morgan fingerprint density at radius 2 is 1.81 bits per heavy atom. The summed E-state index contributed by atoms with van der Waals surface area (Å²) in [7, 11) is -0.423. The number of benzene rings is 1. The number of carbonyl (C=O) groups excluding carboxylic acids is 1. The topological polar surface area (TPSA) is 132 Å². The zero-order valence-corrected chi connectivity index (χ0v) is 22.6. The molecule has 1 aliphatic heterocycles. The number of nitrogens with zero attached hydrogens (tertiary/aromatic N) is 6. The van der Waals surface area contributed by atoms with Crippen LogP contribution in [0, 0.1) is 20.8 Å². The van der Waals surface area contributed by atoms with Gasteiger partial charge in [-0.25, -0.2) is 18.4 Å². The molecule has 1 saturated heterocycles. The first-order valence-corrected chi connectivity index (χ1v) is 13.7. The fraction of sp³-hybridized carbons (Fsp3) is 0.480. The Morgan fingerprint density at radius 3 is 2.43 bits per heavy atom. The van der Waals surface area contributed by atoms with Gasteiger partial charge in [-0.3, -0.25) is 4.79 Å². The van der Waals surface area contributed by atoms with Crippen molar-refractivity contribution in [2.75, 3.05) is 32.1 Å². The van der Waals surface area contributed by atoms with Gasteiger partial charge < -0.3 is 19.1 Å². The molecule has 0 unspecified atom stereocenters. The molecule has 0 radical (unpaired) electrons. The molecule has 0 aliphatic carbocycles. The highest BCUT2D eigenvalue weighted by Gasteiger charge is 2.28. The second-order valence-electron chi connectivity index (χ2n) is 9.37. The maximum atomic E-state index is 13.1. The Labute approximate surface area is 216 Å². The lowest BCUT2D eigenvalue weighted by Gasteiger charge is -2.37. The molecule has 11 nitrogen and oxygen atoms in total. The monoisotopic (exact) mass is 528 g/mol. The summed E-state index contributed by atoms with van der Waals surface area (Å²) in [6.45, 7) is 6.94. The molecule has 1 aliphatic rings. The number of methoxy groups -OCH3 is 1. The predicted octanol–water partition coefficient (Wildman–Crippen LogP) is 2.44. The van der Waals surface area contributed by atoms with Crippen LogP contribution in [0.3, 0.4) is 0 Å². The average molecular weight is 529 g/mol. The number of ether oxygens (including phenoxy) is 1. The number of sulfone groups is 1. The van der Waals surface area contributed by atoms with E-state index in [0.717, 1.165) is 37.4 Å². The van der Waals surface area contributed by atoms with E-state index in [0.29, 0.717) is 16.9 Å². The second-order valence-corrected chi connectivity index (χ2v) is 11.3. The van der Waals surface area contributed by atoms with Crippen LogP contribution in [0.15, 0.2) is 33.9 Å². The molecule has 0 saturated carbocycles. The van der Waals surface area contributed by atoms with E-state index < -0.39 is 15.6 Å². The molecule has 3 heterocycles. The predicted molar refractivity (Wildman–Crippen MR) is 136 cm³/mol. The largest absolute Gasteiger partial charge is 0.497 e. The van der Waals surface area contributed by atoms with Crippen molar-refractivity contribution in [3.8, 4) is 5.75 Å². The van der Waals surface area contributed by atoms with E-state index in [-0.39, 0.29) is 35.0 Å². The van der Waals surface area contributed by atoms with Gasteiger partial charge in [0.1, 0.15) is 30.1 Å². The van der Waals surface area contributed by atoms with Crippen LogP contribution in [-0.2, 0) is 26.8 Å². The fourth-order valence-corrected chi connectivity index (χ4v) is 6.44. The number of rotatable bonds is 8. The lowest BCUT2D eigenvalue weighted by molar-refractivity contribution is -0.132. The molecule has 0 atom stereocenters. The van der Waals surface area contributed by atoms with Crippen LogP contribution in [-0.4, -0.2) is 72.6 Å². The third-order valence-electron chi connectivity index (χ3n) is 6.63. The molecule has 1 aromatic carbocycles. The highest BCUT2D eigenvalue weighted by atomic mass is 32.2. The zero-order valence-electron chi connectivity index (χ0n) is 21.8. The van der Waals surface area contributed by atoms with Crippen LogP contribution in [0.1, 0.15) is 41.4 Å². The third kappa shape index (κ3) is 6.07. The van der Waals surface area contributed by atoms with Crippen molar-refractivity contribution in [2.24, 2.45) is 0 Å². The van der Waals surface area contributed by atoms with E-state index in [9.17, 15) is 13.2 Å². The number of hydrogen-bond acceptors (Lipinski definition) is 10. The molecule has 2 aromatic heterocycles. The summed E-state index contributed by atoms with van der Waals surface area (Å²) in [6, 6.07) is 5.39. The number of anilines is 1. The van der Waals surface area contributed by atoms with Gasteiger partial charge in [0, 0.05) is 37.9 Å². The van der Waals surface area contributed by atoms with E-state index in [1.54, 1.807) is 44.3 Å². The van der Waals surface area contributed by atoms with E-state index in [4.69, 9.17) is 9.26 Å². The molecule has 1 amide bonds.